The summed E-state index contributed by atoms with van der Waals surface area (Å²) in [5.74, 6) is 0. The standard InChI is InChI=1S/C11H20ClNO/c1-4-9-7-5-6-8-13(9)11(2,3)10(12)14/h9H,4-8H2,1-3H3. The zero-order valence-corrected chi connectivity index (χ0v) is 10.1. The smallest absolute Gasteiger partial charge is 0.241 e. The van der Waals surface area contributed by atoms with Gasteiger partial charge in [0.2, 0.25) is 5.24 Å². The van der Waals surface area contributed by atoms with Crippen molar-refractivity contribution < 1.29 is 4.79 Å². The summed E-state index contributed by atoms with van der Waals surface area (Å²) in [5, 5.41) is -0.238. The van der Waals surface area contributed by atoms with Gasteiger partial charge in [-0.05, 0) is 51.3 Å². The van der Waals surface area contributed by atoms with Gasteiger partial charge in [-0.3, -0.25) is 9.69 Å². The Morgan fingerprint density at radius 2 is 2.14 bits per heavy atom. The van der Waals surface area contributed by atoms with E-state index in [4.69, 9.17) is 11.6 Å². The van der Waals surface area contributed by atoms with E-state index in [9.17, 15) is 4.79 Å². The van der Waals surface area contributed by atoms with E-state index in [0.29, 0.717) is 6.04 Å². The minimum absolute atomic E-state index is 0.238. The van der Waals surface area contributed by atoms with Crippen molar-refractivity contribution in [2.24, 2.45) is 0 Å². The minimum Gasteiger partial charge on any atom is -0.287 e. The number of carbonyl (C=O) groups excluding carboxylic acids is 1. The zero-order chi connectivity index (χ0) is 10.8. The number of likely N-dealkylation sites (tertiary alicyclic amines) is 1. The summed E-state index contributed by atoms with van der Waals surface area (Å²) in [4.78, 5) is 13.6. The summed E-state index contributed by atoms with van der Waals surface area (Å²) >= 11 is 5.64. The molecule has 82 valence electrons. The van der Waals surface area contributed by atoms with Crippen LogP contribution >= 0.6 is 11.6 Å². The molecule has 1 saturated heterocycles. The van der Waals surface area contributed by atoms with E-state index < -0.39 is 5.54 Å². The largest absolute Gasteiger partial charge is 0.287 e. The van der Waals surface area contributed by atoms with Crippen LogP contribution in [0.4, 0.5) is 0 Å². The molecule has 0 N–H and O–H groups in total. The second kappa shape index (κ2) is 4.63. The van der Waals surface area contributed by atoms with Gasteiger partial charge < -0.3 is 0 Å². The molecule has 0 aromatic carbocycles. The molecule has 2 nitrogen and oxygen atoms in total. The third-order valence-corrected chi connectivity index (χ3v) is 3.76. The van der Waals surface area contributed by atoms with Gasteiger partial charge in [-0.15, -0.1) is 0 Å². The number of rotatable bonds is 3. The van der Waals surface area contributed by atoms with E-state index in [2.05, 4.69) is 11.8 Å². The third kappa shape index (κ3) is 2.29. The Morgan fingerprint density at radius 3 is 2.64 bits per heavy atom. The Labute approximate surface area is 91.6 Å². The normalized spacial score (nSPS) is 25.0. The molecule has 1 fully saturated rings. The molecule has 0 bridgehead atoms. The number of nitrogens with zero attached hydrogens (tertiary/aromatic N) is 1. The summed E-state index contributed by atoms with van der Waals surface area (Å²) in [7, 11) is 0. The second-order valence-electron chi connectivity index (χ2n) is 4.58. The fraction of sp³-hybridized carbons (Fsp3) is 0.909. The van der Waals surface area contributed by atoms with Gasteiger partial charge in [0.05, 0.1) is 5.54 Å². The molecule has 0 aromatic heterocycles. The molecule has 0 aliphatic carbocycles. The predicted octanol–water partition coefficient (Wildman–Crippen LogP) is 2.79. The lowest BCUT2D eigenvalue weighted by molar-refractivity contribution is -0.123. The van der Waals surface area contributed by atoms with Gasteiger partial charge in [-0.2, -0.15) is 0 Å². The quantitative estimate of drug-likeness (QED) is 0.678. The van der Waals surface area contributed by atoms with Gasteiger partial charge >= 0.3 is 0 Å². The highest BCUT2D eigenvalue weighted by atomic mass is 35.5. The fourth-order valence-electron chi connectivity index (χ4n) is 2.27. The lowest BCUT2D eigenvalue weighted by Crippen LogP contribution is -2.55. The Morgan fingerprint density at radius 1 is 1.50 bits per heavy atom. The van der Waals surface area contributed by atoms with Crippen LogP contribution in [0, 0.1) is 0 Å². The molecule has 0 spiro atoms. The zero-order valence-electron chi connectivity index (χ0n) is 9.35. The molecule has 1 unspecified atom stereocenters. The topological polar surface area (TPSA) is 20.3 Å². The first-order valence-corrected chi connectivity index (χ1v) is 5.84. The Hall–Kier alpha value is -0.0800. The highest BCUT2D eigenvalue weighted by molar-refractivity contribution is 6.65. The van der Waals surface area contributed by atoms with Crippen LogP contribution in [0.3, 0.4) is 0 Å². The maximum Gasteiger partial charge on any atom is 0.241 e. The number of halogens is 1. The van der Waals surface area contributed by atoms with Crippen LogP contribution in [0.25, 0.3) is 0 Å². The van der Waals surface area contributed by atoms with Crippen LogP contribution in [-0.4, -0.2) is 28.3 Å². The first-order valence-electron chi connectivity index (χ1n) is 5.46. The third-order valence-electron chi connectivity index (χ3n) is 3.30. The molecule has 1 heterocycles. The summed E-state index contributed by atoms with van der Waals surface area (Å²) in [6.07, 6.45) is 4.77. The average Bonchev–Trinajstić information content (AvgIpc) is 2.17. The van der Waals surface area contributed by atoms with Crippen LogP contribution < -0.4 is 0 Å². The van der Waals surface area contributed by atoms with Crippen LogP contribution in [0.2, 0.25) is 0 Å². The van der Waals surface area contributed by atoms with Crippen LogP contribution in [0.15, 0.2) is 0 Å². The molecule has 3 heteroatoms. The molecule has 0 radical (unpaired) electrons. The lowest BCUT2D eigenvalue weighted by Gasteiger charge is -2.44. The summed E-state index contributed by atoms with van der Waals surface area (Å²) in [6.45, 7) is 7.04. The molecular weight excluding hydrogens is 198 g/mol. The highest BCUT2D eigenvalue weighted by Gasteiger charge is 2.38. The van der Waals surface area contributed by atoms with E-state index >= 15 is 0 Å². The second-order valence-corrected chi connectivity index (χ2v) is 4.93. The van der Waals surface area contributed by atoms with E-state index in [1.54, 1.807) is 0 Å². The van der Waals surface area contributed by atoms with Gasteiger partial charge in [-0.1, -0.05) is 13.3 Å². The van der Waals surface area contributed by atoms with E-state index in [-0.39, 0.29) is 5.24 Å². The van der Waals surface area contributed by atoms with Crippen molar-refractivity contribution in [2.45, 2.75) is 58.0 Å². The molecule has 0 saturated carbocycles. The predicted molar refractivity (Wildman–Crippen MR) is 59.6 cm³/mol. The maximum atomic E-state index is 11.3. The fourth-order valence-corrected chi connectivity index (χ4v) is 2.38. The Bertz CT molecular complexity index is 215. The van der Waals surface area contributed by atoms with Gasteiger partial charge in [-0.25, -0.2) is 0 Å². The van der Waals surface area contributed by atoms with Crippen LogP contribution in [0.1, 0.15) is 46.5 Å². The minimum atomic E-state index is -0.497. The molecule has 1 atom stereocenters. The van der Waals surface area contributed by atoms with Crippen molar-refractivity contribution in [1.29, 1.82) is 0 Å². The highest BCUT2D eigenvalue weighted by Crippen LogP contribution is 2.28. The summed E-state index contributed by atoms with van der Waals surface area (Å²) < 4.78 is 0. The molecular formula is C11H20ClNO. The molecule has 0 amide bonds. The van der Waals surface area contributed by atoms with Gasteiger partial charge in [0, 0.05) is 6.04 Å². The van der Waals surface area contributed by atoms with Crippen LogP contribution in [-0.2, 0) is 4.79 Å². The molecule has 1 aliphatic rings. The van der Waals surface area contributed by atoms with E-state index in [1.807, 2.05) is 13.8 Å². The number of piperidine rings is 1. The van der Waals surface area contributed by atoms with Crippen molar-refractivity contribution in [3.8, 4) is 0 Å². The van der Waals surface area contributed by atoms with Gasteiger partial charge in [0.25, 0.3) is 0 Å². The van der Waals surface area contributed by atoms with Gasteiger partial charge in [0.1, 0.15) is 0 Å². The van der Waals surface area contributed by atoms with Crippen molar-refractivity contribution in [1.82, 2.24) is 4.90 Å². The number of hydrogen-bond acceptors (Lipinski definition) is 2. The Kier molecular flexibility index (Phi) is 3.96. The van der Waals surface area contributed by atoms with Gasteiger partial charge in [0.15, 0.2) is 0 Å². The lowest BCUT2D eigenvalue weighted by atomic mass is 9.93. The molecule has 0 aromatic rings. The first kappa shape index (κ1) is 12.0. The SMILES string of the molecule is CCC1CCCCN1C(C)(C)C(=O)Cl. The average molecular weight is 218 g/mol. The maximum absolute atomic E-state index is 11.3. The summed E-state index contributed by atoms with van der Waals surface area (Å²) in [5.41, 5.74) is -0.497. The van der Waals surface area contributed by atoms with Crippen molar-refractivity contribution >= 4 is 16.8 Å². The van der Waals surface area contributed by atoms with E-state index in [0.717, 1.165) is 13.0 Å². The number of hydrogen-bond donors (Lipinski definition) is 0. The van der Waals surface area contributed by atoms with Crippen molar-refractivity contribution in [2.75, 3.05) is 6.54 Å². The Balaban J connectivity index is 2.77. The van der Waals surface area contributed by atoms with Crippen molar-refractivity contribution in [3.63, 3.8) is 0 Å². The number of carbonyl (C=O) groups is 1. The van der Waals surface area contributed by atoms with Crippen molar-refractivity contribution in [3.05, 3.63) is 0 Å². The first-order chi connectivity index (χ1) is 6.50. The molecule has 1 aliphatic heterocycles. The van der Waals surface area contributed by atoms with Crippen LogP contribution in [0.5, 0.6) is 0 Å². The summed E-state index contributed by atoms with van der Waals surface area (Å²) in [6, 6.07) is 0.529. The molecule has 1 rings (SSSR count). The monoisotopic (exact) mass is 217 g/mol. The van der Waals surface area contributed by atoms with E-state index in [1.165, 1.54) is 19.3 Å². The molecule has 14 heavy (non-hydrogen) atoms.